The molecule has 0 spiro atoms. The normalized spacial score (nSPS) is 25.4. The van der Waals surface area contributed by atoms with E-state index in [4.69, 9.17) is 0 Å². The van der Waals surface area contributed by atoms with Crippen LogP contribution in [0.1, 0.15) is 71.1 Å². The lowest BCUT2D eigenvalue weighted by molar-refractivity contribution is 0.272. The molecular weight excluding hydrogens is 232 g/mol. The molecule has 0 amide bonds. The van der Waals surface area contributed by atoms with E-state index in [0.717, 1.165) is 12.0 Å². The van der Waals surface area contributed by atoms with Crippen LogP contribution in [0.15, 0.2) is 0 Å². The third-order valence-corrected chi connectivity index (χ3v) is 4.80. The van der Waals surface area contributed by atoms with Crippen molar-refractivity contribution in [3.63, 3.8) is 0 Å². The first-order chi connectivity index (χ1) is 9.38. The molecule has 1 aliphatic heterocycles. The zero-order valence-corrected chi connectivity index (χ0v) is 13.0. The fraction of sp³-hybridized carbons (Fsp3) is 1.00. The monoisotopic (exact) mass is 266 g/mol. The van der Waals surface area contributed by atoms with E-state index in [9.17, 15) is 0 Å². The summed E-state index contributed by atoms with van der Waals surface area (Å²) in [6.07, 6.45) is 14.3. The Balaban J connectivity index is 1.45. The van der Waals surface area contributed by atoms with Crippen LogP contribution in [0.4, 0.5) is 0 Å². The van der Waals surface area contributed by atoms with Crippen molar-refractivity contribution in [3.8, 4) is 0 Å². The number of hydrogen-bond donors (Lipinski definition) is 1. The van der Waals surface area contributed by atoms with Crippen molar-refractivity contribution in [2.75, 3.05) is 26.2 Å². The minimum absolute atomic E-state index is 0.890. The summed E-state index contributed by atoms with van der Waals surface area (Å²) in [5, 5.41) is 3.61. The predicted octanol–water partition coefficient (Wildman–Crippen LogP) is 3.81. The summed E-state index contributed by atoms with van der Waals surface area (Å²) < 4.78 is 0. The molecule has 2 heteroatoms. The zero-order chi connectivity index (χ0) is 13.3. The van der Waals surface area contributed by atoms with Crippen LogP contribution < -0.4 is 5.32 Å². The molecule has 1 atom stereocenters. The summed E-state index contributed by atoms with van der Waals surface area (Å²) in [6, 6.07) is 0.890. The van der Waals surface area contributed by atoms with Gasteiger partial charge in [-0.15, -0.1) is 0 Å². The second-order valence-electron chi connectivity index (χ2n) is 6.72. The van der Waals surface area contributed by atoms with E-state index in [-0.39, 0.29) is 0 Å². The van der Waals surface area contributed by atoms with Gasteiger partial charge in [0.25, 0.3) is 0 Å². The Hall–Kier alpha value is -0.0800. The molecule has 2 rings (SSSR count). The van der Waals surface area contributed by atoms with Gasteiger partial charge >= 0.3 is 0 Å². The van der Waals surface area contributed by atoms with E-state index >= 15 is 0 Å². The molecule has 0 aromatic rings. The van der Waals surface area contributed by atoms with Crippen molar-refractivity contribution in [2.45, 2.75) is 77.2 Å². The van der Waals surface area contributed by atoms with Crippen molar-refractivity contribution in [1.29, 1.82) is 0 Å². The summed E-state index contributed by atoms with van der Waals surface area (Å²) in [6.45, 7) is 7.66. The van der Waals surface area contributed by atoms with Crippen LogP contribution in [0.25, 0.3) is 0 Å². The van der Waals surface area contributed by atoms with Crippen molar-refractivity contribution in [1.82, 2.24) is 10.2 Å². The van der Waals surface area contributed by atoms with Crippen LogP contribution in [-0.4, -0.2) is 37.1 Å². The Morgan fingerprint density at radius 1 is 1.00 bits per heavy atom. The van der Waals surface area contributed by atoms with Crippen LogP contribution in [0, 0.1) is 5.92 Å². The van der Waals surface area contributed by atoms with E-state index in [1.807, 2.05) is 0 Å². The number of likely N-dealkylation sites (tertiary alicyclic amines) is 1. The second-order valence-corrected chi connectivity index (χ2v) is 6.72. The summed E-state index contributed by atoms with van der Waals surface area (Å²) in [5.74, 6) is 1.03. The number of rotatable bonds is 9. The van der Waals surface area contributed by atoms with E-state index in [2.05, 4.69) is 17.1 Å². The Labute approximate surface area is 120 Å². The van der Waals surface area contributed by atoms with Crippen molar-refractivity contribution >= 4 is 0 Å². The third-order valence-electron chi connectivity index (χ3n) is 4.80. The first-order valence-electron chi connectivity index (χ1n) is 8.84. The average molecular weight is 266 g/mol. The lowest BCUT2D eigenvalue weighted by atomic mass is 9.96. The summed E-state index contributed by atoms with van der Waals surface area (Å²) in [4.78, 5) is 2.73. The molecule has 1 aliphatic carbocycles. The number of unbranched alkanes of at least 4 members (excludes halogenated alkanes) is 2. The topological polar surface area (TPSA) is 15.3 Å². The van der Waals surface area contributed by atoms with Gasteiger partial charge in [0.2, 0.25) is 0 Å². The maximum atomic E-state index is 3.61. The molecule has 2 aliphatic rings. The van der Waals surface area contributed by atoms with Crippen LogP contribution in [0.5, 0.6) is 0 Å². The van der Waals surface area contributed by atoms with Gasteiger partial charge in [0.15, 0.2) is 0 Å². The summed E-state index contributed by atoms with van der Waals surface area (Å²) in [5.41, 5.74) is 0. The molecule has 0 aromatic heterocycles. The van der Waals surface area contributed by atoms with Crippen LogP contribution in [-0.2, 0) is 0 Å². The molecule has 0 bridgehead atoms. The minimum Gasteiger partial charge on any atom is -0.314 e. The second kappa shape index (κ2) is 8.97. The average Bonchev–Trinajstić information content (AvgIpc) is 3.22. The van der Waals surface area contributed by atoms with Gasteiger partial charge in [-0.2, -0.15) is 0 Å². The van der Waals surface area contributed by atoms with E-state index in [1.165, 1.54) is 90.4 Å². The molecule has 2 fully saturated rings. The molecule has 2 nitrogen and oxygen atoms in total. The number of hydrogen-bond acceptors (Lipinski definition) is 2. The summed E-state index contributed by atoms with van der Waals surface area (Å²) in [7, 11) is 0. The van der Waals surface area contributed by atoms with Gasteiger partial charge in [0.1, 0.15) is 0 Å². The fourth-order valence-corrected chi connectivity index (χ4v) is 3.38. The maximum absolute atomic E-state index is 3.61. The molecule has 0 radical (unpaired) electrons. The van der Waals surface area contributed by atoms with Gasteiger partial charge in [-0.3, -0.25) is 0 Å². The van der Waals surface area contributed by atoms with E-state index in [1.54, 1.807) is 0 Å². The molecule has 0 aromatic carbocycles. The molecule has 1 N–H and O–H groups in total. The highest BCUT2D eigenvalue weighted by atomic mass is 15.1. The van der Waals surface area contributed by atoms with E-state index in [0.29, 0.717) is 0 Å². The molecule has 1 saturated carbocycles. The zero-order valence-electron chi connectivity index (χ0n) is 13.0. The van der Waals surface area contributed by atoms with Gasteiger partial charge in [0, 0.05) is 6.04 Å². The van der Waals surface area contributed by atoms with Crippen molar-refractivity contribution in [3.05, 3.63) is 0 Å². The maximum Gasteiger partial charge on any atom is 0.00682 e. The molecule has 1 heterocycles. The SMILES string of the molecule is CCCC1CCCN(CCCCCNC2CC2)CC1. The molecule has 1 unspecified atom stereocenters. The Morgan fingerprint density at radius 2 is 1.89 bits per heavy atom. The van der Waals surface area contributed by atoms with E-state index < -0.39 is 0 Å². The highest BCUT2D eigenvalue weighted by Gasteiger charge is 2.19. The Kier molecular flexibility index (Phi) is 7.23. The number of nitrogens with one attached hydrogen (secondary N) is 1. The fourth-order valence-electron chi connectivity index (χ4n) is 3.38. The lowest BCUT2D eigenvalue weighted by Crippen LogP contribution is -2.26. The van der Waals surface area contributed by atoms with Crippen molar-refractivity contribution < 1.29 is 0 Å². The van der Waals surface area contributed by atoms with Gasteiger partial charge in [-0.1, -0.05) is 26.2 Å². The lowest BCUT2D eigenvalue weighted by Gasteiger charge is -2.20. The standard InChI is InChI=1S/C17H34N2/c1-2-7-16-8-6-14-19(15-11-16)13-5-3-4-12-18-17-9-10-17/h16-18H,2-15H2,1H3. The van der Waals surface area contributed by atoms with Gasteiger partial charge < -0.3 is 10.2 Å². The number of nitrogens with zero attached hydrogens (tertiary/aromatic N) is 1. The Bertz CT molecular complexity index is 225. The van der Waals surface area contributed by atoms with Crippen LogP contribution in [0.2, 0.25) is 0 Å². The van der Waals surface area contributed by atoms with Crippen LogP contribution >= 0.6 is 0 Å². The quantitative estimate of drug-likeness (QED) is 0.638. The summed E-state index contributed by atoms with van der Waals surface area (Å²) >= 11 is 0. The molecule has 1 saturated heterocycles. The van der Waals surface area contributed by atoms with Gasteiger partial charge in [-0.25, -0.2) is 0 Å². The first kappa shape index (κ1) is 15.3. The van der Waals surface area contributed by atoms with Crippen LogP contribution in [0.3, 0.4) is 0 Å². The first-order valence-corrected chi connectivity index (χ1v) is 8.84. The molecule has 19 heavy (non-hydrogen) atoms. The van der Waals surface area contributed by atoms with Gasteiger partial charge in [-0.05, 0) is 77.0 Å². The van der Waals surface area contributed by atoms with Crippen molar-refractivity contribution in [2.24, 2.45) is 5.92 Å². The molecular formula is C17H34N2. The minimum atomic E-state index is 0.890. The largest absolute Gasteiger partial charge is 0.314 e. The Morgan fingerprint density at radius 3 is 2.68 bits per heavy atom. The predicted molar refractivity (Wildman–Crippen MR) is 83.6 cm³/mol. The highest BCUT2D eigenvalue weighted by molar-refractivity contribution is 4.80. The smallest absolute Gasteiger partial charge is 0.00682 e. The van der Waals surface area contributed by atoms with Gasteiger partial charge in [0.05, 0.1) is 0 Å². The highest BCUT2D eigenvalue weighted by Crippen LogP contribution is 2.22. The third kappa shape index (κ3) is 6.76. The molecule has 112 valence electrons.